The predicted octanol–water partition coefficient (Wildman–Crippen LogP) is 2.62. The van der Waals surface area contributed by atoms with Crippen LogP contribution in [-0.2, 0) is 31.8 Å². The molecule has 0 aliphatic heterocycles. The van der Waals surface area contributed by atoms with Crippen molar-refractivity contribution in [1.82, 2.24) is 19.6 Å². The minimum Gasteiger partial charge on any atom is -0.378 e. The summed E-state index contributed by atoms with van der Waals surface area (Å²) in [6.45, 7) is 1.08. The molecule has 5 rings (SSSR count). The van der Waals surface area contributed by atoms with Crippen LogP contribution < -0.4 is 9.13 Å². The molecule has 0 saturated carbocycles. The number of nitrogens with zero attached hydrogens (tertiary/aromatic N) is 6. The predicted molar refractivity (Wildman–Crippen MR) is 126 cm³/mol. The Kier molecular flexibility index (Phi) is 6.64. The average molecular weight is 489 g/mol. The van der Waals surface area contributed by atoms with E-state index in [0.29, 0.717) is 13.1 Å². The Morgan fingerprint density at radius 3 is 1.69 bits per heavy atom. The third-order valence-corrected chi connectivity index (χ3v) is 5.96. The van der Waals surface area contributed by atoms with Gasteiger partial charge in [-0.3, -0.25) is 0 Å². The number of hydrogen-bond donors (Lipinski definition) is 1. The van der Waals surface area contributed by atoms with Gasteiger partial charge in [0.25, 0.3) is 12.7 Å². The molecule has 0 radical (unpaired) electrons. The summed E-state index contributed by atoms with van der Waals surface area (Å²) in [6.07, 6.45) is 6.79. The molecule has 36 heavy (non-hydrogen) atoms. The van der Waals surface area contributed by atoms with Gasteiger partial charge in [-0.15, -0.1) is 9.36 Å². The van der Waals surface area contributed by atoms with Gasteiger partial charge in [0.1, 0.15) is 24.7 Å². The zero-order valence-corrected chi connectivity index (χ0v) is 19.5. The van der Waals surface area contributed by atoms with Crippen molar-refractivity contribution < 1.29 is 23.0 Å². The zero-order valence-electron chi connectivity index (χ0n) is 19.5. The molecule has 2 heterocycles. The van der Waals surface area contributed by atoms with Crippen molar-refractivity contribution in [3.05, 3.63) is 132 Å². The second kappa shape index (κ2) is 10.2. The van der Waals surface area contributed by atoms with Crippen LogP contribution in [0.1, 0.15) is 16.7 Å². The fraction of sp³-hybridized carbons (Fsp3) is 0.185. The topological polar surface area (TPSA) is 63.6 Å². The Morgan fingerprint density at radius 2 is 1.22 bits per heavy atom. The van der Waals surface area contributed by atoms with Gasteiger partial charge >= 0.3 is 0 Å². The van der Waals surface area contributed by atoms with Crippen LogP contribution in [0.4, 0.5) is 8.78 Å². The third kappa shape index (κ3) is 5.52. The molecule has 182 valence electrons. The number of halogens is 2. The van der Waals surface area contributed by atoms with Gasteiger partial charge in [0, 0.05) is 21.8 Å². The molecule has 1 N–H and O–H groups in total. The van der Waals surface area contributed by atoms with Crippen molar-refractivity contribution in [3.63, 3.8) is 0 Å². The summed E-state index contributed by atoms with van der Waals surface area (Å²) in [5, 5.41) is 20.5. The Hall–Kier alpha value is -4.24. The van der Waals surface area contributed by atoms with Crippen LogP contribution in [0.2, 0.25) is 0 Å². The van der Waals surface area contributed by atoms with E-state index in [2.05, 4.69) is 10.2 Å². The second-order valence-electron chi connectivity index (χ2n) is 8.86. The lowest BCUT2D eigenvalue weighted by molar-refractivity contribution is -0.689. The van der Waals surface area contributed by atoms with Gasteiger partial charge in [0.05, 0.1) is 13.1 Å². The summed E-state index contributed by atoms with van der Waals surface area (Å²) >= 11 is 0. The van der Waals surface area contributed by atoms with E-state index in [4.69, 9.17) is 0 Å². The highest BCUT2D eigenvalue weighted by molar-refractivity contribution is 5.25. The van der Waals surface area contributed by atoms with Crippen LogP contribution in [0.3, 0.4) is 0 Å². The van der Waals surface area contributed by atoms with E-state index in [1.807, 2.05) is 69.8 Å². The van der Waals surface area contributed by atoms with Gasteiger partial charge in [-0.05, 0) is 17.2 Å². The first-order valence-corrected chi connectivity index (χ1v) is 11.6. The van der Waals surface area contributed by atoms with Crippen LogP contribution in [0.5, 0.6) is 0 Å². The quantitative estimate of drug-likeness (QED) is 0.325. The molecule has 5 aromatic rings. The molecule has 0 unspecified atom stereocenters. The SMILES string of the molecule is OC(Cn1c[n+](Cc2ccccc2)cn1)(Cn1c[n+](Cc2ccccc2)cn1)c1ccc(F)cc1F. The zero-order chi connectivity index (χ0) is 25.0. The number of aliphatic hydroxyl groups is 1. The van der Waals surface area contributed by atoms with E-state index in [1.165, 1.54) is 6.07 Å². The molecular formula is C27H26F2N6O+2. The van der Waals surface area contributed by atoms with Crippen molar-refractivity contribution in [2.45, 2.75) is 31.8 Å². The average Bonchev–Trinajstić information content (AvgIpc) is 3.49. The van der Waals surface area contributed by atoms with Crippen LogP contribution in [0.25, 0.3) is 0 Å². The van der Waals surface area contributed by atoms with Gasteiger partial charge in [0.2, 0.25) is 12.7 Å². The number of hydrogen-bond acceptors (Lipinski definition) is 3. The van der Waals surface area contributed by atoms with E-state index in [-0.39, 0.29) is 18.7 Å². The Balaban J connectivity index is 1.40. The summed E-state index contributed by atoms with van der Waals surface area (Å²) < 4.78 is 35.4. The lowest BCUT2D eigenvalue weighted by Crippen LogP contribution is -2.39. The highest BCUT2D eigenvalue weighted by atomic mass is 19.1. The van der Waals surface area contributed by atoms with Crippen LogP contribution in [0, 0.1) is 11.6 Å². The monoisotopic (exact) mass is 488 g/mol. The molecule has 2 aromatic heterocycles. The van der Waals surface area contributed by atoms with Crippen molar-refractivity contribution in [2.75, 3.05) is 0 Å². The maximum atomic E-state index is 14.9. The van der Waals surface area contributed by atoms with E-state index in [9.17, 15) is 13.9 Å². The summed E-state index contributed by atoms with van der Waals surface area (Å²) in [5.41, 5.74) is 0.423. The summed E-state index contributed by atoms with van der Waals surface area (Å²) in [4.78, 5) is 0. The van der Waals surface area contributed by atoms with E-state index < -0.39 is 17.2 Å². The molecule has 3 aromatic carbocycles. The van der Waals surface area contributed by atoms with E-state index in [1.54, 1.807) is 34.7 Å². The molecule has 7 nitrogen and oxygen atoms in total. The largest absolute Gasteiger partial charge is 0.378 e. The molecule has 0 fully saturated rings. The van der Waals surface area contributed by atoms with Crippen molar-refractivity contribution >= 4 is 0 Å². The lowest BCUT2D eigenvalue weighted by Gasteiger charge is -2.24. The van der Waals surface area contributed by atoms with Gasteiger partial charge in [0.15, 0.2) is 5.60 Å². The molecular weight excluding hydrogens is 462 g/mol. The number of benzene rings is 3. The van der Waals surface area contributed by atoms with E-state index >= 15 is 0 Å². The highest BCUT2D eigenvalue weighted by Crippen LogP contribution is 2.28. The molecule has 0 saturated heterocycles. The molecule has 0 spiro atoms. The maximum Gasteiger partial charge on any atom is 0.265 e. The smallest absolute Gasteiger partial charge is 0.265 e. The Labute approximate surface area is 207 Å². The molecule has 0 amide bonds. The number of aromatic nitrogens is 6. The standard InChI is InChI=1S/C27H26F2N6O/c28-24-11-12-25(26(29)13-24)27(36,16-34-20-32(18-30-34)14-22-7-3-1-4-8-22)17-35-21-33(19-31-35)15-23-9-5-2-6-10-23/h1-13,18-21,36H,14-17H2/q+2. The van der Waals surface area contributed by atoms with Gasteiger partial charge < -0.3 is 5.11 Å². The molecule has 0 atom stereocenters. The fourth-order valence-corrected chi connectivity index (χ4v) is 4.27. The number of rotatable bonds is 9. The third-order valence-electron chi connectivity index (χ3n) is 5.96. The summed E-state index contributed by atoms with van der Waals surface area (Å²) in [6, 6.07) is 23.0. The second-order valence-corrected chi connectivity index (χ2v) is 8.86. The molecule has 9 heteroatoms. The van der Waals surface area contributed by atoms with Crippen molar-refractivity contribution in [3.8, 4) is 0 Å². The lowest BCUT2D eigenvalue weighted by atomic mass is 9.93. The van der Waals surface area contributed by atoms with Gasteiger partial charge in [-0.2, -0.15) is 0 Å². The molecule has 0 aliphatic rings. The van der Waals surface area contributed by atoms with Crippen molar-refractivity contribution in [2.24, 2.45) is 0 Å². The minimum atomic E-state index is -1.75. The first-order chi connectivity index (χ1) is 17.5. The molecule has 0 bridgehead atoms. The Morgan fingerprint density at radius 1 is 0.722 bits per heavy atom. The first kappa shape index (κ1) is 23.5. The Bertz CT molecular complexity index is 1350. The van der Waals surface area contributed by atoms with E-state index in [0.717, 1.165) is 23.3 Å². The van der Waals surface area contributed by atoms with Crippen LogP contribution in [0.15, 0.2) is 104 Å². The summed E-state index contributed by atoms with van der Waals surface area (Å²) in [7, 11) is 0. The molecule has 0 aliphatic carbocycles. The minimum absolute atomic E-state index is 0.0286. The van der Waals surface area contributed by atoms with Crippen LogP contribution in [-0.4, -0.2) is 24.7 Å². The van der Waals surface area contributed by atoms with Gasteiger partial charge in [-0.1, -0.05) is 66.7 Å². The first-order valence-electron chi connectivity index (χ1n) is 11.6. The van der Waals surface area contributed by atoms with Crippen LogP contribution >= 0.6 is 0 Å². The fourth-order valence-electron chi connectivity index (χ4n) is 4.27. The highest BCUT2D eigenvalue weighted by Gasteiger charge is 2.39. The van der Waals surface area contributed by atoms with Gasteiger partial charge in [-0.25, -0.2) is 17.9 Å². The summed E-state index contributed by atoms with van der Waals surface area (Å²) in [5.74, 6) is -1.54. The normalized spacial score (nSPS) is 11.6. The van der Waals surface area contributed by atoms with Crippen molar-refractivity contribution in [1.29, 1.82) is 0 Å². The maximum absolute atomic E-state index is 14.9.